The molecule has 2 aromatic heterocycles. The number of carbonyl (C=O) groups excluding carboxylic acids is 1. The number of ether oxygens (including phenoxy) is 1. The van der Waals surface area contributed by atoms with Gasteiger partial charge in [0.15, 0.2) is 5.65 Å². The van der Waals surface area contributed by atoms with Crippen molar-refractivity contribution in [3.63, 3.8) is 0 Å². The summed E-state index contributed by atoms with van der Waals surface area (Å²) < 4.78 is 21.3. The number of hydrogen-bond acceptors (Lipinski definition) is 7. The molecule has 200 valence electrons. The van der Waals surface area contributed by atoms with Crippen molar-refractivity contribution in [2.45, 2.75) is 64.5 Å². The van der Waals surface area contributed by atoms with Gasteiger partial charge in [0.05, 0.1) is 21.9 Å². The van der Waals surface area contributed by atoms with E-state index in [-0.39, 0.29) is 28.0 Å². The van der Waals surface area contributed by atoms with Crippen LogP contribution in [0.15, 0.2) is 18.3 Å². The number of carbonyl (C=O) groups is 1. The molecule has 2 fully saturated rings. The highest BCUT2D eigenvalue weighted by Crippen LogP contribution is 2.39. The molecule has 4 N–H and O–H groups in total. The summed E-state index contributed by atoms with van der Waals surface area (Å²) in [5, 5.41) is 7.09. The van der Waals surface area contributed by atoms with Crippen molar-refractivity contribution in [1.82, 2.24) is 19.5 Å². The molecule has 1 saturated heterocycles. The fraction of sp³-hybridized carbons (Fsp3) is 0.520. The van der Waals surface area contributed by atoms with Gasteiger partial charge in [0.1, 0.15) is 11.3 Å². The topological polar surface area (TPSA) is 120 Å². The van der Waals surface area contributed by atoms with E-state index in [4.69, 9.17) is 37.9 Å². The third kappa shape index (κ3) is 7.00. The van der Waals surface area contributed by atoms with Crippen LogP contribution in [0.1, 0.15) is 58.4 Å². The maximum absolute atomic E-state index is 13.7. The first-order chi connectivity index (χ1) is 17.7. The summed E-state index contributed by atoms with van der Waals surface area (Å²) in [6.45, 7) is 5.08. The van der Waals surface area contributed by atoms with Gasteiger partial charge < -0.3 is 21.1 Å². The molecule has 1 aliphatic carbocycles. The predicted octanol–water partition coefficient (Wildman–Crippen LogP) is 5.85. The molecule has 0 unspecified atom stereocenters. The van der Waals surface area contributed by atoms with Crippen molar-refractivity contribution in [3.8, 4) is 0 Å². The van der Waals surface area contributed by atoms with Crippen LogP contribution in [-0.2, 0) is 9.53 Å². The quantitative estimate of drug-likeness (QED) is 0.363. The summed E-state index contributed by atoms with van der Waals surface area (Å²) in [5.74, 6) is 1.05. The number of fused-ring (bicyclic) bond motifs is 1. The van der Waals surface area contributed by atoms with Crippen molar-refractivity contribution in [1.29, 1.82) is 0 Å². The zero-order valence-electron chi connectivity index (χ0n) is 20.9. The standard InChI is InChI=1S/C23H27Cl2FN6O.C2H5NO/c1-13-2-4-16(5-3-13)32-21-19(12-27-22(31-21)28-15-6-8-33-9-7-15)29-23(32)30-20-17(24)10-14(26)11-18(20)25;1-2(3)4/h10-13,15-16H,2-9H2,1H3,(H,29,30)(H,27,28,31);1H3,(H2,3,4). The van der Waals surface area contributed by atoms with Crippen LogP contribution < -0.4 is 16.4 Å². The Morgan fingerprint density at radius 2 is 1.73 bits per heavy atom. The minimum atomic E-state index is -0.486. The number of nitrogens with zero attached hydrogens (tertiary/aromatic N) is 4. The van der Waals surface area contributed by atoms with Crippen molar-refractivity contribution in [3.05, 3.63) is 34.2 Å². The summed E-state index contributed by atoms with van der Waals surface area (Å²) in [4.78, 5) is 23.3. The van der Waals surface area contributed by atoms with Crippen LogP contribution in [0.3, 0.4) is 0 Å². The fourth-order valence-corrected chi connectivity index (χ4v) is 5.25. The van der Waals surface area contributed by atoms with Crippen LogP contribution in [0.25, 0.3) is 11.2 Å². The highest BCUT2D eigenvalue weighted by Gasteiger charge is 2.26. The molecule has 2 aliphatic rings. The molecule has 0 spiro atoms. The highest BCUT2D eigenvalue weighted by atomic mass is 35.5. The number of halogens is 3. The number of rotatable bonds is 5. The summed E-state index contributed by atoms with van der Waals surface area (Å²) in [6.07, 6.45) is 7.92. The molecule has 0 radical (unpaired) electrons. The van der Waals surface area contributed by atoms with Gasteiger partial charge in [-0.25, -0.2) is 14.4 Å². The summed E-state index contributed by atoms with van der Waals surface area (Å²) in [6, 6.07) is 3.00. The Bertz CT molecular complexity index is 1210. The lowest BCUT2D eigenvalue weighted by Crippen LogP contribution is -2.28. The van der Waals surface area contributed by atoms with Gasteiger partial charge in [-0.05, 0) is 56.6 Å². The number of nitrogens with one attached hydrogen (secondary N) is 2. The molecule has 9 nitrogen and oxygen atoms in total. The Morgan fingerprint density at radius 1 is 1.11 bits per heavy atom. The van der Waals surface area contributed by atoms with Gasteiger partial charge >= 0.3 is 0 Å². The summed E-state index contributed by atoms with van der Waals surface area (Å²) >= 11 is 12.6. The van der Waals surface area contributed by atoms with E-state index >= 15 is 0 Å². The average Bonchev–Trinajstić information content (AvgIpc) is 3.19. The zero-order valence-corrected chi connectivity index (χ0v) is 22.4. The molecule has 1 aromatic carbocycles. The second kappa shape index (κ2) is 12.2. The highest BCUT2D eigenvalue weighted by molar-refractivity contribution is 6.39. The largest absolute Gasteiger partial charge is 0.381 e. The Hall–Kier alpha value is -2.69. The van der Waals surface area contributed by atoms with E-state index in [0.717, 1.165) is 57.4 Å². The molecule has 5 rings (SSSR count). The van der Waals surface area contributed by atoms with E-state index in [2.05, 4.69) is 32.8 Å². The zero-order chi connectivity index (χ0) is 26.5. The van der Waals surface area contributed by atoms with Crippen LogP contribution >= 0.6 is 23.2 Å². The average molecular weight is 552 g/mol. The molecule has 0 atom stereocenters. The van der Waals surface area contributed by atoms with E-state index in [1.54, 1.807) is 6.20 Å². The Kier molecular flexibility index (Phi) is 9.04. The van der Waals surface area contributed by atoms with Crippen LogP contribution in [-0.4, -0.2) is 44.7 Å². The smallest absolute Gasteiger partial charge is 0.224 e. The minimum absolute atomic E-state index is 0.198. The molecule has 3 aromatic rings. The number of imidazole rings is 1. The Morgan fingerprint density at radius 3 is 2.35 bits per heavy atom. The maximum Gasteiger partial charge on any atom is 0.224 e. The van der Waals surface area contributed by atoms with Gasteiger partial charge in [0, 0.05) is 32.2 Å². The molecule has 37 heavy (non-hydrogen) atoms. The van der Waals surface area contributed by atoms with E-state index < -0.39 is 5.82 Å². The van der Waals surface area contributed by atoms with Gasteiger partial charge in [0.25, 0.3) is 0 Å². The lowest BCUT2D eigenvalue weighted by Gasteiger charge is -2.29. The fourth-order valence-electron chi connectivity index (χ4n) is 4.69. The second-order valence-corrected chi connectivity index (χ2v) is 10.4. The van der Waals surface area contributed by atoms with Crippen molar-refractivity contribution >= 4 is 57.9 Å². The lowest BCUT2D eigenvalue weighted by atomic mass is 9.87. The second-order valence-electron chi connectivity index (χ2n) is 9.63. The molecular formula is C25H32Cl2FN7O2. The Balaban J connectivity index is 0.000000747. The number of benzene rings is 1. The van der Waals surface area contributed by atoms with Crippen molar-refractivity contribution in [2.24, 2.45) is 11.7 Å². The third-order valence-electron chi connectivity index (χ3n) is 6.58. The Labute approximate surface area is 225 Å². The molecule has 0 bridgehead atoms. The van der Waals surface area contributed by atoms with E-state index in [1.807, 2.05) is 0 Å². The van der Waals surface area contributed by atoms with Crippen LogP contribution in [0, 0.1) is 11.7 Å². The van der Waals surface area contributed by atoms with E-state index in [0.29, 0.717) is 29.0 Å². The number of hydrogen-bond donors (Lipinski definition) is 3. The molecule has 3 heterocycles. The number of anilines is 3. The van der Waals surface area contributed by atoms with Crippen LogP contribution in [0.2, 0.25) is 10.0 Å². The number of amides is 1. The minimum Gasteiger partial charge on any atom is -0.381 e. The van der Waals surface area contributed by atoms with E-state index in [9.17, 15) is 9.18 Å². The summed E-state index contributed by atoms with van der Waals surface area (Å²) in [5.41, 5.74) is 6.34. The summed E-state index contributed by atoms with van der Waals surface area (Å²) in [7, 11) is 0. The van der Waals surface area contributed by atoms with Crippen LogP contribution in [0.4, 0.5) is 22.0 Å². The number of primary amides is 1. The first-order valence-corrected chi connectivity index (χ1v) is 13.2. The van der Waals surface area contributed by atoms with E-state index in [1.165, 1.54) is 19.1 Å². The molecule has 1 amide bonds. The van der Waals surface area contributed by atoms with Crippen molar-refractivity contribution < 1.29 is 13.9 Å². The molecule has 1 aliphatic heterocycles. The molecular weight excluding hydrogens is 520 g/mol. The SMILES string of the molecule is CC(N)=O.CC1CCC(n2c(Nc3c(Cl)cc(F)cc3Cl)nc3cnc(NC4CCOCC4)nc32)CC1. The normalized spacial score (nSPS) is 20.2. The molecule has 12 heteroatoms. The predicted molar refractivity (Wildman–Crippen MR) is 144 cm³/mol. The lowest BCUT2D eigenvalue weighted by molar-refractivity contribution is -0.115. The number of nitrogens with two attached hydrogens (primary N) is 1. The van der Waals surface area contributed by atoms with Gasteiger partial charge in [0.2, 0.25) is 17.8 Å². The van der Waals surface area contributed by atoms with Gasteiger partial charge in [-0.15, -0.1) is 0 Å². The van der Waals surface area contributed by atoms with Gasteiger partial charge in [-0.1, -0.05) is 30.1 Å². The maximum atomic E-state index is 13.7. The van der Waals surface area contributed by atoms with Gasteiger partial charge in [-0.3, -0.25) is 9.36 Å². The monoisotopic (exact) mass is 551 g/mol. The van der Waals surface area contributed by atoms with Crippen molar-refractivity contribution in [2.75, 3.05) is 23.8 Å². The third-order valence-corrected chi connectivity index (χ3v) is 7.18. The first-order valence-electron chi connectivity index (χ1n) is 12.5. The van der Waals surface area contributed by atoms with Gasteiger partial charge in [-0.2, -0.15) is 4.98 Å². The van der Waals surface area contributed by atoms with Crippen LogP contribution in [0.5, 0.6) is 0 Å². The number of aromatic nitrogens is 4. The molecule has 1 saturated carbocycles. The first kappa shape index (κ1) is 27.3.